The van der Waals surface area contributed by atoms with E-state index in [1.54, 1.807) is 24.3 Å². The van der Waals surface area contributed by atoms with Crippen LogP contribution in [0.1, 0.15) is 11.3 Å². The highest BCUT2D eigenvalue weighted by Gasteiger charge is 2.05. The fourth-order valence-electron chi connectivity index (χ4n) is 2.44. The standard InChI is InChI=1S/C20H18ClN3O2/c21-13-19(25)24-17-7-4-8-18(11-17)26-20-12-16(22-14-23-20)10-9-15-5-2-1-3-6-15/h1-8,11-12,14H,9-10,13H2,(H,24,25). The first-order chi connectivity index (χ1) is 12.7. The molecule has 3 rings (SSSR count). The molecule has 0 radical (unpaired) electrons. The molecule has 0 aliphatic carbocycles. The molecule has 0 fully saturated rings. The summed E-state index contributed by atoms with van der Waals surface area (Å²) in [6, 6.07) is 19.1. The molecular weight excluding hydrogens is 350 g/mol. The highest BCUT2D eigenvalue weighted by molar-refractivity contribution is 6.29. The van der Waals surface area contributed by atoms with Crippen LogP contribution in [0.25, 0.3) is 0 Å². The first-order valence-corrected chi connectivity index (χ1v) is 8.75. The summed E-state index contributed by atoms with van der Waals surface area (Å²) in [5.74, 6) is 0.671. The number of benzene rings is 2. The Balaban J connectivity index is 1.65. The van der Waals surface area contributed by atoms with Gasteiger partial charge in [0.05, 0.1) is 0 Å². The monoisotopic (exact) mass is 367 g/mol. The van der Waals surface area contributed by atoms with Gasteiger partial charge >= 0.3 is 0 Å². The summed E-state index contributed by atoms with van der Waals surface area (Å²) in [6.07, 6.45) is 3.20. The smallest absolute Gasteiger partial charge is 0.239 e. The van der Waals surface area contributed by atoms with E-state index in [4.69, 9.17) is 16.3 Å². The molecule has 2 aromatic carbocycles. The molecule has 0 aliphatic rings. The van der Waals surface area contributed by atoms with Crippen molar-refractivity contribution in [3.8, 4) is 11.6 Å². The van der Waals surface area contributed by atoms with Crippen molar-refractivity contribution in [3.05, 3.63) is 78.2 Å². The predicted octanol–water partition coefficient (Wildman–Crippen LogP) is 4.23. The van der Waals surface area contributed by atoms with Gasteiger partial charge in [-0.15, -0.1) is 11.6 Å². The number of aryl methyl sites for hydroxylation is 2. The fraction of sp³-hybridized carbons (Fsp3) is 0.150. The van der Waals surface area contributed by atoms with E-state index in [2.05, 4.69) is 27.4 Å². The van der Waals surface area contributed by atoms with Gasteiger partial charge in [-0.3, -0.25) is 4.79 Å². The Morgan fingerprint density at radius 1 is 1.00 bits per heavy atom. The minimum absolute atomic E-state index is 0.0955. The van der Waals surface area contributed by atoms with Crippen molar-refractivity contribution in [2.45, 2.75) is 12.8 Å². The molecule has 0 aliphatic heterocycles. The van der Waals surface area contributed by atoms with Crippen LogP contribution in [-0.4, -0.2) is 21.8 Å². The third-order valence-electron chi connectivity index (χ3n) is 3.67. The molecule has 1 aromatic heterocycles. The number of carbonyl (C=O) groups excluding carboxylic acids is 1. The van der Waals surface area contributed by atoms with Crippen LogP contribution in [0, 0.1) is 0 Å². The maximum absolute atomic E-state index is 11.4. The second-order valence-electron chi connectivity index (χ2n) is 5.64. The van der Waals surface area contributed by atoms with Gasteiger partial charge in [-0.25, -0.2) is 9.97 Å². The second kappa shape index (κ2) is 8.97. The van der Waals surface area contributed by atoms with E-state index in [9.17, 15) is 4.79 Å². The molecular formula is C20H18ClN3O2. The van der Waals surface area contributed by atoms with Crippen LogP contribution < -0.4 is 10.1 Å². The van der Waals surface area contributed by atoms with Crippen molar-refractivity contribution in [3.63, 3.8) is 0 Å². The topological polar surface area (TPSA) is 64.1 Å². The zero-order chi connectivity index (χ0) is 18.2. The zero-order valence-corrected chi connectivity index (χ0v) is 14.8. The van der Waals surface area contributed by atoms with Crippen molar-refractivity contribution < 1.29 is 9.53 Å². The van der Waals surface area contributed by atoms with Crippen molar-refractivity contribution >= 4 is 23.2 Å². The summed E-state index contributed by atoms with van der Waals surface area (Å²) >= 11 is 5.50. The first-order valence-electron chi connectivity index (χ1n) is 8.21. The summed E-state index contributed by atoms with van der Waals surface area (Å²) in [7, 11) is 0. The number of nitrogens with zero attached hydrogens (tertiary/aromatic N) is 2. The summed E-state index contributed by atoms with van der Waals surface area (Å²) in [6.45, 7) is 0. The average molecular weight is 368 g/mol. The van der Waals surface area contributed by atoms with Crippen LogP contribution in [0.15, 0.2) is 67.0 Å². The largest absolute Gasteiger partial charge is 0.439 e. The van der Waals surface area contributed by atoms with E-state index < -0.39 is 0 Å². The van der Waals surface area contributed by atoms with E-state index in [0.717, 1.165) is 18.5 Å². The number of aromatic nitrogens is 2. The molecule has 1 amide bonds. The summed E-state index contributed by atoms with van der Waals surface area (Å²) in [4.78, 5) is 19.8. The van der Waals surface area contributed by atoms with Gasteiger partial charge in [0.1, 0.15) is 18.0 Å². The molecule has 6 heteroatoms. The molecule has 1 heterocycles. The number of halogens is 1. The van der Waals surface area contributed by atoms with Crippen molar-refractivity contribution in [2.24, 2.45) is 0 Å². The molecule has 0 saturated carbocycles. The van der Waals surface area contributed by atoms with Gasteiger partial charge in [-0.2, -0.15) is 0 Å². The van der Waals surface area contributed by atoms with Crippen LogP contribution in [0.2, 0.25) is 0 Å². The van der Waals surface area contributed by atoms with Gasteiger partial charge < -0.3 is 10.1 Å². The lowest BCUT2D eigenvalue weighted by Crippen LogP contribution is -2.12. The van der Waals surface area contributed by atoms with Gasteiger partial charge in [0, 0.05) is 23.5 Å². The molecule has 1 N–H and O–H groups in total. The van der Waals surface area contributed by atoms with Gasteiger partial charge in [0.25, 0.3) is 0 Å². The Morgan fingerprint density at radius 2 is 1.85 bits per heavy atom. The number of hydrogen-bond donors (Lipinski definition) is 1. The Bertz CT molecular complexity index is 872. The van der Waals surface area contributed by atoms with Crippen molar-refractivity contribution in [1.82, 2.24) is 9.97 Å². The Kier molecular flexibility index (Phi) is 6.17. The molecule has 0 spiro atoms. The molecule has 0 atom stereocenters. The quantitative estimate of drug-likeness (QED) is 0.634. The van der Waals surface area contributed by atoms with E-state index in [1.165, 1.54) is 11.9 Å². The molecule has 0 saturated heterocycles. The van der Waals surface area contributed by atoms with Crippen LogP contribution >= 0.6 is 11.6 Å². The third kappa shape index (κ3) is 5.29. The van der Waals surface area contributed by atoms with Gasteiger partial charge in [0.2, 0.25) is 11.8 Å². The lowest BCUT2D eigenvalue weighted by Gasteiger charge is -2.08. The van der Waals surface area contributed by atoms with E-state index in [-0.39, 0.29) is 11.8 Å². The lowest BCUT2D eigenvalue weighted by molar-refractivity contribution is -0.113. The van der Waals surface area contributed by atoms with Gasteiger partial charge in [-0.05, 0) is 30.5 Å². The number of alkyl halides is 1. The minimum atomic E-state index is -0.269. The number of ether oxygens (including phenoxy) is 1. The predicted molar refractivity (Wildman–Crippen MR) is 102 cm³/mol. The SMILES string of the molecule is O=C(CCl)Nc1cccc(Oc2cc(CCc3ccccc3)ncn2)c1. The molecule has 132 valence electrons. The van der Waals surface area contributed by atoms with E-state index >= 15 is 0 Å². The average Bonchev–Trinajstić information content (AvgIpc) is 2.68. The van der Waals surface area contributed by atoms with E-state index in [1.807, 2.05) is 24.3 Å². The Hall–Kier alpha value is -2.92. The highest BCUT2D eigenvalue weighted by Crippen LogP contribution is 2.23. The fourth-order valence-corrected chi connectivity index (χ4v) is 2.51. The number of amides is 1. The normalized spacial score (nSPS) is 10.3. The number of anilines is 1. The molecule has 0 unspecified atom stereocenters. The van der Waals surface area contributed by atoms with Crippen molar-refractivity contribution in [2.75, 3.05) is 11.2 Å². The summed E-state index contributed by atoms with van der Waals surface area (Å²) in [5.41, 5.74) is 2.79. The number of nitrogens with one attached hydrogen (secondary N) is 1. The molecule has 0 bridgehead atoms. The third-order valence-corrected chi connectivity index (χ3v) is 3.92. The molecule has 3 aromatic rings. The first kappa shape index (κ1) is 17.9. The maximum atomic E-state index is 11.4. The Morgan fingerprint density at radius 3 is 2.65 bits per heavy atom. The number of hydrogen-bond acceptors (Lipinski definition) is 4. The van der Waals surface area contributed by atoms with Crippen LogP contribution in [-0.2, 0) is 17.6 Å². The number of rotatable bonds is 7. The molecule has 26 heavy (non-hydrogen) atoms. The zero-order valence-electron chi connectivity index (χ0n) is 14.1. The maximum Gasteiger partial charge on any atom is 0.239 e. The minimum Gasteiger partial charge on any atom is -0.439 e. The Labute approximate surface area is 157 Å². The van der Waals surface area contributed by atoms with Crippen LogP contribution in [0.5, 0.6) is 11.6 Å². The van der Waals surface area contributed by atoms with Crippen LogP contribution in [0.4, 0.5) is 5.69 Å². The molecule has 5 nitrogen and oxygen atoms in total. The second-order valence-corrected chi connectivity index (χ2v) is 5.91. The number of carbonyl (C=O) groups is 1. The lowest BCUT2D eigenvalue weighted by atomic mass is 10.1. The van der Waals surface area contributed by atoms with Crippen molar-refractivity contribution in [1.29, 1.82) is 0 Å². The summed E-state index contributed by atoms with van der Waals surface area (Å²) in [5, 5.41) is 2.68. The van der Waals surface area contributed by atoms with Gasteiger partial charge in [-0.1, -0.05) is 36.4 Å². The van der Waals surface area contributed by atoms with Crippen LogP contribution in [0.3, 0.4) is 0 Å². The van der Waals surface area contributed by atoms with Gasteiger partial charge in [0.15, 0.2) is 0 Å². The summed E-state index contributed by atoms with van der Waals surface area (Å²) < 4.78 is 5.79. The highest BCUT2D eigenvalue weighted by atomic mass is 35.5. The van der Waals surface area contributed by atoms with E-state index in [0.29, 0.717) is 17.3 Å².